The first-order valence-electron chi connectivity index (χ1n) is 8.35. The van der Waals surface area contributed by atoms with E-state index in [1.54, 1.807) is 11.8 Å². The Bertz CT molecular complexity index is 723. The van der Waals surface area contributed by atoms with Gasteiger partial charge in [0.05, 0.1) is 11.7 Å². The number of carbonyl (C=O) groups is 1. The highest BCUT2D eigenvalue weighted by Gasteiger charge is 2.18. The van der Waals surface area contributed by atoms with E-state index in [9.17, 15) is 4.79 Å². The summed E-state index contributed by atoms with van der Waals surface area (Å²) in [4.78, 5) is 13.7. The average Bonchev–Trinajstić information content (AvgIpc) is 3.10. The molecule has 24 heavy (non-hydrogen) atoms. The molecule has 0 spiro atoms. The SMILES string of the molecule is Cc1ccc(NC(=O)c2ccccc2SC[C@H]2CCCO2)cc1C. The van der Waals surface area contributed by atoms with Crippen molar-refractivity contribution in [3.8, 4) is 0 Å². The molecule has 1 amide bonds. The Morgan fingerprint density at radius 1 is 1.21 bits per heavy atom. The predicted octanol–water partition coefficient (Wildman–Crippen LogP) is 4.83. The third-order valence-corrected chi connectivity index (χ3v) is 5.55. The van der Waals surface area contributed by atoms with Gasteiger partial charge in [0.2, 0.25) is 0 Å². The van der Waals surface area contributed by atoms with Crippen LogP contribution in [0, 0.1) is 13.8 Å². The number of hydrogen-bond donors (Lipinski definition) is 1. The fraction of sp³-hybridized carbons (Fsp3) is 0.350. The van der Waals surface area contributed by atoms with E-state index in [2.05, 4.69) is 19.2 Å². The maximum atomic E-state index is 12.7. The molecular formula is C20H23NO2S. The summed E-state index contributed by atoms with van der Waals surface area (Å²) in [5.74, 6) is 0.835. The second kappa shape index (κ2) is 7.86. The van der Waals surface area contributed by atoms with Crippen molar-refractivity contribution in [3.05, 3.63) is 59.2 Å². The van der Waals surface area contributed by atoms with E-state index >= 15 is 0 Å². The number of benzene rings is 2. The second-order valence-electron chi connectivity index (χ2n) is 6.20. The van der Waals surface area contributed by atoms with Crippen LogP contribution >= 0.6 is 11.8 Å². The van der Waals surface area contributed by atoms with Gasteiger partial charge in [0.25, 0.3) is 5.91 Å². The Kier molecular flexibility index (Phi) is 5.59. The van der Waals surface area contributed by atoms with Gasteiger partial charge in [-0.05, 0) is 62.1 Å². The number of ether oxygens (including phenoxy) is 1. The molecule has 3 nitrogen and oxygen atoms in total. The highest BCUT2D eigenvalue weighted by molar-refractivity contribution is 7.99. The molecule has 1 atom stereocenters. The first-order chi connectivity index (χ1) is 11.6. The number of hydrogen-bond acceptors (Lipinski definition) is 3. The van der Waals surface area contributed by atoms with Gasteiger partial charge in [0.15, 0.2) is 0 Å². The average molecular weight is 341 g/mol. The van der Waals surface area contributed by atoms with Gasteiger partial charge in [-0.25, -0.2) is 0 Å². The van der Waals surface area contributed by atoms with Gasteiger partial charge in [-0.1, -0.05) is 18.2 Å². The number of thioether (sulfide) groups is 1. The summed E-state index contributed by atoms with van der Waals surface area (Å²) in [6.45, 7) is 4.98. The van der Waals surface area contributed by atoms with Crippen molar-refractivity contribution in [1.82, 2.24) is 0 Å². The lowest BCUT2D eigenvalue weighted by atomic mass is 10.1. The zero-order valence-electron chi connectivity index (χ0n) is 14.2. The number of carbonyl (C=O) groups excluding carboxylic acids is 1. The highest BCUT2D eigenvalue weighted by Crippen LogP contribution is 2.27. The molecule has 1 fully saturated rings. The summed E-state index contributed by atoms with van der Waals surface area (Å²) in [7, 11) is 0. The number of amides is 1. The minimum atomic E-state index is -0.0614. The van der Waals surface area contributed by atoms with Crippen LogP contribution in [0.3, 0.4) is 0 Å². The van der Waals surface area contributed by atoms with Crippen molar-refractivity contribution in [3.63, 3.8) is 0 Å². The third-order valence-electron chi connectivity index (χ3n) is 4.35. The normalized spacial score (nSPS) is 17.0. The fourth-order valence-corrected chi connectivity index (χ4v) is 3.88. The number of anilines is 1. The molecule has 126 valence electrons. The van der Waals surface area contributed by atoms with Crippen LogP contribution in [0.25, 0.3) is 0 Å². The fourth-order valence-electron chi connectivity index (χ4n) is 2.76. The van der Waals surface area contributed by atoms with Gasteiger partial charge >= 0.3 is 0 Å². The molecule has 0 bridgehead atoms. The maximum absolute atomic E-state index is 12.7. The molecule has 1 saturated heterocycles. The monoisotopic (exact) mass is 341 g/mol. The van der Waals surface area contributed by atoms with Crippen molar-refractivity contribution in [2.75, 3.05) is 17.7 Å². The zero-order valence-corrected chi connectivity index (χ0v) is 15.0. The summed E-state index contributed by atoms with van der Waals surface area (Å²) >= 11 is 1.70. The summed E-state index contributed by atoms with van der Waals surface area (Å²) < 4.78 is 5.67. The third kappa shape index (κ3) is 4.19. The van der Waals surface area contributed by atoms with Crippen LogP contribution in [0.1, 0.15) is 34.3 Å². The predicted molar refractivity (Wildman–Crippen MR) is 100 cm³/mol. The number of rotatable bonds is 5. The van der Waals surface area contributed by atoms with E-state index in [0.717, 1.165) is 41.3 Å². The Morgan fingerprint density at radius 2 is 2.04 bits per heavy atom. The maximum Gasteiger partial charge on any atom is 0.256 e. The largest absolute Gasteiger partial charge is 0.377 e. The van der Waals surface area contributed by atoms with Crippen LogP contribution in [0.2, 0.25) is 0 Å². The van der Waals surface area contributed by atoms with E-state index < -0.39 is 0 Å². The molecule has 0 aliphatic carbocycles. The molecule has 1 aliphatic rings. The Balaban J connectivity index is 1.70. The van der Waals surface area contributed by atoms with Crippen molar-refractivity contribution in [2.24, 2.45) is 0 Å². The Labute approximate surface area is 147 Å². The van der Waals surface area contributed by atoms with E-state index in [4.69, 9.17) is 4.74 Å². The molecule has 0 aromatic heterocycles. The van der Waals surface area contributed by atoms with Gasteiger partial charge in [0, 0.05) is 22.9 Å². The molecule has 0 saturated carbocycles. The van der Waals surface area contributed by atoms with E-state index in [0.29, 0.717) is 6.10 Å². The zero-order chi connectivity index (χ0) is 16.9. The molecule has 2 aromatic carbocycles. The van der Waals surface area contributed by atoms with E-state index in [1.165, 1.54) is 11.1 Å². The topological polar surface area (TPSA) is 38.3 Å². The van der Waals surface area contributed by atoms with E-state index in [1.807, 2.05) is 42.5 Å². The lowest BCUT2D eigenvalue weighted by Crippen LogP contribution is -2.14. The molecular weight excluding hydrogens is 318 g/mol. The summed E-state index contributed by atoms with van der Waals surface area (Å²) in [6, 6.07) is 13.8. The first kappa shape index (κ1) is 17.1. The number of aryl methyl sites for hydroxylation is 2. The minimum Gasteiger partial charge on any atom is -0.377 e. The Morgan fingerprint density at radius 3 is 2.79 bits per heavy atom. The molecule has 0 unspecified atom stereocenters. The summed E-state index contributed by atoms with van der Waals surface area (Å²) in [5, 5.41) is 3.01. The molecule has 1 heterocycles. The molecule has 1 N–H and O–H groups in total. The summed E-state index contributed by atoms with van der Waals surface area (Å²) in [5.41, 5.74) is 3.95. The summed E-state index contributed by atoms with van der Waals surface area (Å²) in [6.07, 6.45) is 2.57. The van der Waals surface area contributed by atoms with Gasteiger partial charge in [-0.3, -0.25) is 4.79 Å². The molecule has 4 heteroatoms. The van der Waals surface area contributed by atoms with E-state index in [-0.39, 0.29) is 5.91 Å². The lowest BCUT2D eigenvalue weighted by molar-refractivity contribution is 0.102. The molecule has 0 radical (unpaired) electrons. The molecule has 1 aliphatic heterocycles. The molecule has 2 aromatic rings. The highest BCUT2D eigenvalue weighted by atomic mass is 32.2. The van der Waals surface area contributed by atoms with Crippen LogP contribution in [-0.4, -0.2) is 24.4 Å². The first-order valence-corrected chi connectivity index (χ1v) is 9.34. The lowest BCUT2D eigenvalue weighted by Gasteiger charge is -2.13. The van der Waals surface area contributed by atoms with Crippen LogP contribution in [0.4, 0.5) is 5.69 Å². The second-order valence-corrected chi connectivity index (χ2v) is 7.26. The number of nitrogens with one attached hydrogen (secondary N) is 1. The Hall–Kier alpha value is -1.78. The van der Waals surface area contributed by atoms with Gasteiger partial charge in [-0.15, -0.1) is 11.8 Å². The minimum absolute atomic E-state index is 0.0614. The van der Waals surface area contributed by atoms with Gasteiger partial charge < -0.3 is 10.1 Å². The van der Waals surface area contributed by atoms with Gasteiger partial charge in [-0.2, -0.15) is 0 Å². The van der Waals surface area contributed by atoms with Crippen LogP contribution in [-0.2, 0) is 4.74 Å². The van der Waals surface area contributed by atoms with Crippen LogP contribution < -0.4 is 5.32 Å². The smallest absolute Gasteiger partial charge is 0.256 e. The standard InChI is InChI=1S/C20H23NO2S/c1-14-9-10-16(12-15(14)2)21-20(22)18-7-3-4-8-19(18)24-13-17-6-5-11-23-17/h3-4,7-10,12,17H,5-6,11,13H2,1-2H3,(H,21,22)/t17-/m1/s1. The van der Waals surface area contributed by atoms with Crippen LogP contribution in [0.15, 0.2) is 47.4 Å². The van der Waals surface area contributed by atoms with Crippen molar-refractivity contribution < 1.29 is 9.53 Å². The quantitative estimate of drug-likeness (QED) is 0.792. The van der Waals surface area contributed by atoms with Gasteiger partial charge in [0.1, 0.15) is 0 Å². The van der Waals surface area contributed by atoms with Crippen molar-refractivity contribution >= 4 is 23.4 Å². The molecule has 3 rings (SSSR count). The van der Waals surface area contributed by atoms with Crippen LogP contribution in [0.5, 0.6) is 0 Å². The van der Waals surface area contributed by atoms with Crippen molar-refractivity contribution in [1.29, 1.82) is 0 Å². The van der Waals surface area contributed by atoms with Crippen molar-refractivity contribution in [2.45, 2.75) is 37.7 Å².